The Morgan fingerprint density at radius 3 is 3.31 bits per heavy atom. The third-order valence-corrected chi connectivity index (χ3v) is 1.69. The van der Waals surface area contributed by atoms with Gasteiger partial charge in [0.05, 0.1) is 13.2 Å². The lowest BCUT2D eigenvalue weighted by Crippen LogP contribution is -2.45. The fraction of sp³-hybridized carbons (Fsp3) is 0.333. The highest BCUT2D eigenvalue weighted by Gasteiger charge is 2.42. The van der Waals surface area contributed by atoms with Crippen LogP contribution in [0, 0.1) is 0 Å². The Kier molecular flexibility index (Phi) is 1.85. The van der Waals surface area contributed by atoms with E-state index in [1.54, 1.807) is 6.20 Å². The lowest BCUT2D eigenvalue weighted by Gasteiger charge is -2.16. The molecule has 0 aromatic heterocycles. The van der Waals surface area contributed by atoms with E-state index in [0.29, 0.717) is 5.82 Å². The molecule has 2 heterocycles. The summed E-state index contributed by atoms with van der Waals surface area (Å²) in [6.07, 6.45) is 4.49. The monoisotopic (exact) mass is 184 g/mol. The number of aliphatic hydroxyl groups excluding tert-OH is 1. The summed E-state index contributed by atoms with van der Waals surface area (Å²) in [5.41, 5.74) is 0. The normalized spacial score (nSPS) is 29.7. The summed E-state index contributed by atoms with van der Waals surface area (Å²) in [5, 5.41) is 13.9. The zero-order valence-electron chi connectivity index (χ0n) is 6.87. The van der Waals surface area contributed by atoms with E-state index in [4.69, 9.17) is 15.8 Å². The highest BCUT2D eigenvalue weighted by Crippen LogP contribution is 2.23. The van der Waals surface area contributed by atoms with Gasteiger partial charge in [0, 0.05) is 0 Å². The Morgan fingerprint density at radius 1 is 1.69 bits per heavy atom. The number of hydrogen-bond acceptors (Lipinski definition) is 6. The van der Waals surface area contributed by atoms with E-state index in [0.717, 1.165) is 0 Å². The third kappa shape index (κ3) is 1.23. The van der Waals surface area contributed by atoms with Crippen molar-refractivity contribution in [1.82, 2.24) is 5.06 Å². The first kappa shape index (κ1) is 8.32. The van der Waals surface area contributed by atoms with Crippen molar-refractivity contribution in [1.29, 1.82) is 0 Å². The van der Waals surface area contributed by atoms with Crippen LogP contribution in [0.25, 0.3) is 0 Å². The number of quaternary nitrogens is 1. The molecule has 7 nitrogen and oxygen atoms in total. The summed E-state index contributed by atoms with van der Waals surface area (Å²) >= 11 is 0. The Balaban J connectivity index is 2.07. The van der Waals surface area contributed by atoms with Crippen LogP contribution >= 0.6 is 0 Å². The Morgan fingerprint density at radius 2 is 2.54 bits per heavy atom. The molecule has 3 N–H and O–H groups in total. The largest absolute Gasteiger partial charge is 0.394 e. The Bertz CT molecular complexity index is 299. The molecule has 2 rings (SSSR count). The molecule has 0 spiro atoms. The van der Waals surface area contributed by atoms with Gasteiger partial charge in [-0.25, -0.2) is 0 Å². The average molecular weight is 184 g/mol. The molecule has 0 fully saturated rings. The first-order valence-corrected chi connectivity index (χ1v) is 3.77. The second-order valence-electron chi connectivity index (χ2n) is 2.60. The molecule has 0 saturated carbocycles. The van der Waals surface area contributed by atoms with Crippen molar-refractivity contribution in [2.45, 2.75) is 0 Å². The zero-order chi connectivity index (χ0) is 9.31. The van der Waals surface area contributed by atoms with Crippen molar-refractivity contribution in [3.63, 3.8) is 0 Å². The van der Waals surface area contributed by atoms with E-state index < -0.39 is 0 Å². The molecule has 0 saturated heterocycles. The fourth-order valence-electron chi connectivity index (χ4n) is 1.09. The number of aliphatic hydroxyl groups is 1. The molecule has 0 radical (unpaired) electrons. The van der Waals surface area contributed by atoms with E-state index in [1.165, 1.54) is 17.7 Å². The fourth-order valence-corrected chi connectivity index (χ4v) is 1.09. The SMILES string of the molecule is N[N+]12C=NC=C1N(OCCO)C=N2. The summed E-state index contributed by atoms with van der Waals surface area (Å²) in [7, 11) is 0. The van der Waals surface area contributed by atoms with Crippen molar-refractivity contribution >= 4 is 12.7 Å². The van der Waals surface area contributed by atoms with Crippen LogP contribution in [0.15, 0.2) is 22.1 Å². The van der Waals surface area contributed by atoms with E-state index in [-0.39, 0.29) is 17.9 Å². The van der Waals surface area contributed by atoms with Crippen molar-refractivity contribution in [2.24, 2.45) is 15.9 Å². The van der Waals surface area contributed by atoms with Gasteiger partial charge in [-0.2, -0.15) is 10.1 Å². The van der Waals surface area contributed by atoms with Crippen molar-refractivity contribution in [3.05, 3.63) is 12.0 Å². The Labute approximate surface area is 74.5 Å². The molecule has 2 aliphatic heterocycles. The first-order chi connectivity index (χ1) is 6.26. The van der Waals surface area contributed by atoms with Gasteiger partial charge in [-0.3, -0.25) is 4.84 Å². The van der Waals surface area contributed by atoms with Gasteiger partial charge in [0.1, 0.15) is 6.20 Å². The average Bonchev–Trinajstić information content (AvgIpc) is 2.59. The van der Waals surface area contributed by atoms with Crippen LogP contribution in [0.4, 0.5) is 0 Å². The van der Waals surface area contributed by atoms with Gasteiger partial charge in [-0.05, 0) is 9.80 Å². The maximum Gasteiger partial charge on any atom is 0.305 e. The van der Waals surface area contributed by atoms with Gasteiger partial charge in [0.15, 0.2) is 6.34 Å². The van der Waals surface area contributed by atoms with Gasteiger partial charge < -0.3 is 5.11 Å². The second-order valence-corrected chi connectivity index (χ2v) is 2.60. The topological polar surface area (TPSA) is 83.4 Å². The number of fused-ring (bicyclic) bond motifs is 1. The zero-order valence-corrected chi connectivity index (χ0v) is 6.87. The lowest BCUT2D eigenvalue weighted by atomic mass is 10.7. The molecule has 0 aromatic rings. The lowest BCUT2D eigenvalue weighted by molar-refractivity contribution is -0.816. The summed E-state index contributed by atoms with van der Waals surface area (Å²) in [5.74, 6) is 6.37. The predicted molar refractivity (Wildman–Crippen MR) is 44.4 cm³/mol. The van der Waals surface area contributed by atoms with Crippen LogP contribution < -0.4 is 5.84 Å². The molecule has 0 bridgehead atoms. The van der Waals surface area contributed by atoms with Crippen molar-refractivity contribution in [2.75, 3.05) is 13.2 Å². The highest BCUT2D eigenvalue weighted by atomic mass is 16.7. The molecule has 70 valence electrons. The molecular weight excluding hydrogens is 174 g/mol. The summed E-state index contributed by atoms with van der Waals surface area (Å²) in [4.78, 5) is 8.98. The van der Waals surface area contributed by atoms with Gasteiger partial charge >= 0.3 is 5.82 Å². The molecule has 2 aliphatic rings. The second kappa shape index (κ2) is 2.89. The first-order valence-electron chi connectivity index (χ1n) is 3.77. The number of aliphatic imine (C=N–C) groups is 1. The quantitative estimate of drug-likeness (QED) is 0.422. The van der Waals surface area contributed by atoms with Gasteiger partial charge in [-0.15, -0.1) is 5.84 Å². The standard InChI is InChI=1S/C6H10N5O2/c7-11-5-8-3-6(11)10(4-9-11)13-2-1-12/h3-5,12H,1-2,7H2/q+1. The minimum absolute atomic E-state index is 0.0525. The summed E-state index contributed by atoms with van der Waals surface area (Å²) in [6, 6.07) is 0. The van der Waals surface area contributed by atoms with Crippen LogP contribution in [-0.4, -0.2) is 40.8 Å². The van der Waals surface area contributed by atoms with Crippen LogP contribution in [0.2, 0.25) is 0 Å². The van der Waals surface area contributed by atoms with Crippen LogP contribution in [-0.2, 0) is 4.84 Å². The molecule has 1 atom stereocenters. The molecule has 0 aromatic carbocycles. The summed E-state index contributed by atoms with van der Waals surface area (Å²) < 4.78 is -0.217. The molecule has 0 amide bonds. The molecular formula is C6H10N5O2+. The summed E-state index contributed by atoms with van der Waals surface area (Å²) in [6.45, 7) is 0.145. The van der Waals surface area contributed by atoms with Crippen LogP contribution in [0.3, 0.4) is 0 Å². The maximum absolute atomic E-state index is 8.55. The van der Waals surface area contributed by atoms with Gasteiger partial charge in [0.25, 0.3) is 0 Å². The smallest absolute Gasteiger partial charge is 0.305 e. The Hall–Kier alpha value is -1.28. The predicted octanol–water partition coefficient (Wildman–Crippen LogP) is -1.30. The van der Waals surface area contributed by atoms with Gasteiger partial charge in [-0.1, -0.05) is 0 Å². The maximum atomic E-state index is 8.55. The molecule has 1 unspecified atom stereocenters. The van der Waals surface area contributed by atoms with Crippen molar-refractivity contribution < 1.29 is 14.6 Å². The number of rotatable bonds is 3. The van der Waals surface area contributed by atoms with E-state index in [1.807, 2.05) is 0 Å². The number of hydrogen-bond donors (Lipinski definition) is 2. The minimum atomic E-state index is -0.217. The van der Waals surface area contributed by atoms with E-state index in [2.05, 4.69) is 10.1 Å². The van der Waals surface area contributed by atoms with E-state index in [9.17, 15) is 0 Å². The van der Waals surface area contributed by atoms with Crippen LogP contribution in [0.5, 0.6) is 0 Å². The van der Waals surface area contributed by atoms with E-state index >= 15 is 0 Å². The van der Waals surface area contributed by atoms with Crippen LogP contribution in [0.1, 0.15) is 0 Å². The third-order valence-electron chi connectivity index (χ3n) is 1.69. The minimum Gasteiger partial charge on any atom is -0.394 e. The number of nitrogens with zero attached hydrogens (tertiary/aromatic N) is 4. The molecule has 13 heavy (non-hydrogen) atoms. The molecule has 7 heteroatoms. The van der Waals surface area contributed by atoms with Crippen molar-refractivity contribution in [3.8, 4) is 0 Å². The number of hydroxylamine groups is 2. The molecule has 0 aliphatic carbocycles. The highest BCUT2D eigenvalue weighted by molar-refractivity contribution is 5.63. The number of nitrogens with two attached hydrogens (primary N) is 1. The van der Waals surface area contributed by atoms with Gasteiger partial charge in [0.2, 0.25) is 6.34 Å².